The highest BCUT2D eigenvalue weighted by molar-refractivity contribution is 6.05. The van der Waals surface area contributed by atoms with E-state index in [1.807, 2.05) is 35.4 Å². The average molecular weight is 338 g/mol. The van der Waals surface area contributed by atoms with Gasteiger partial charge < -0.3 is 15.0 Å². The molecule has 1 amide bonds. The van der Waals surface area contributed by atoms with Crippen molar-refractivity contribution in [3.05, 3.63) is 54.0 Å². The predicted molar refractivity (Wildman–Crippen MR) is 91.7 cm³/mol. The fourth-order valence-electron chi connectivity index (χ4n) is 3.42. The van der Waals surface area contributed by atoms with Crippen LogP contribution in [-0.4, -0.2) is 49.7 Å². The molecule has 1 aromatic carbocycles. The largest absolute Gasteiger partial charge is 0.478 e. The summed E-state index contributed by atoms with van der Waals surface area (Å²) in [5, 5.41) is 14.2. The Morgan fingerprint density at radius 2 is 2.00 bits per heavy atom. The number of nitrogens with zero attached hydrogens (tertiary/aromatic N) is 3. The molecule has 7 nitrogen and oxygen atoms in total. The van der Waals surface area contributed by atoms with Gasteiger partial charge in [0, 0.05) is 30.9 Å². The first-order chi connectivity index (χ1) is 12.1. The molecule has 0 aliphatic carbocycles. The zero-order valence-corrected chi connectivity index (χ0v) is 13.6. The first kappa shape index (κ1) is 15.4. The van der Waals surface area contributed by atoms with Crippen molar-refractivity contribution >= 4 is 22.8 Å². The van der Waals surface area contributed by atoms with Crippen LogP contribution in [0.3, 0.4) is 0 Å². The van der Waals surface area contributed by atoms with E-state index in [0.29, 0.717) is 18.7 Å². The maximum absolute atomic E-state index is 12.9. The number of hydrogen-bond donors (Lipinski definition) is 2. The van der Waals surface area contributed by atoms with Crippen LogP contribution >= 0.6 is 0 Å². The molecule has 2 aromatic heterocycles. The molecule has 1 saturated heterocycles. The number of para-hydroxylation sites is 1. The summed E-state index contributed by atoms with van der Waals surface area (Å²) in [6, 6.07) is 7.80. The van der Waals surface area contributed by atoms with E-state index < -0.39 is 5.97 Å². The number of fused-ring (bicyclic) bond motifs is 1. The van der Waals surface area contributed by atoms with Crippen LogP contribution in [0.15, 0.2) is 42.9 Å². The van der Waals surface area contributed by atoms with E-state index >= 15 is 0 Å². The van der Waals surface area contributed by atoms with Gasteiger partial charge in [-0.15, -0.1) is 0 Å². The van der Waals surface area contributed by atoms with E-state index in [2.05, 4.69) is 10.1 Å². The monoisotopic (exact) mass is 338 g/mol. The number of likely N-dealkylation sites (tertiary alicyclic amines) is 1. The van der Waals surface area contributed by atoms with Gasteiger partial charge in [0.25, 0.3) is 5.91 Å². The van der Waals surface area contributed by atoms with Gasteiger partial charge in [0.05, 0.1) is 28.9 Å². The number of piperidine rings is 1. The molecular weight excluding hydrogens is 320 g/mol. The maximum atomic E-state index is 12.9. The minimum atomic E-state index is -0.974. The molecule has 1 aliphatic rings. The van der Waals surface area contributed by atoms with Gasteiger partial charge in [-0.2, -0.15) is 5.10 Å². The summed E-state index contributed by atoms with van der Waals surface area (Å²) in [5.74, 6) is -0.948. The quantitative estimate of drug-likeness (QED) is 0.768. The first-order valence-corrected chi connectivity index (χ1v) is 8.26. The number of carboxylic acids is 1. The summed E-state index contributed by atoms with van der Waals surface area (Å²) in [4.78, 5) is 28.8. The number of aromatic carboxylic acids is 1. The van der Waals surface area contributed by atoms with Gasteiger partial charge in [0.1, 0.15) is 0 Å². The molecule has 1 fully saturated rings. The Bertz CT molecular complexity index is 935. The van der Waals surface area contributed by atoms with Gasteiger partial charge in [0.2, 0.25) is 0 Å². The number of nitrogens with one attached hydrogen (secondary N) is 1. The summed E-state index contributed by atoms with van der Waals surface area (Å²) in [6.07, 6.45) is 6.28. The van der Waals surface area contributed by atoms with Crippen molar-refractivity contribution in [2.45, 2.75) is 18.9 Å². The van der Waals surface area contributed by atoms with Crippen molar-refractivity contribution in [3.63, 3.8) is 0 Å². The number of carboxylic acid groups (broad SMARTS) is 1. The SMILES string of the molecule is O=C(O)c1cnn(C2CCN(C(=O)c3cccc4cc[nH]c34)CC2)c1. The molecule has 128 valence electrons. The highest BCUT2D eigenvalue weighted by Crippen LogP contribution is 2.25. The fourth-order valence-corrected chi connectivity index (χ4v) is 3.42. The Hall–Kier alpha value is -3.09. The average Bonchev–Trinajstić information content (AvgIpc) is 3.30. The van der Waals surface area contributed by atoms with Gasteiger partial charge in [-0.05, 0) is 25.0 Å². The number of hydrogen-bond acceptors (Lipinski definition) is 3. The van der Waals surface area contributed by atoms with Crippen LogP contribution in [0, 0.1) is 0 Å². The van der Waals surface area contributed by atoms with E-state index in [1.165, 1.54) is 6.20 Å². The normalized spacial score (nSPS) is 15.6. The molecule has 0 bridgehead atoms. The molecule has 0 unspecified atom stereocenters. The number of aromatic amines is 1. The Balaban J connectivity index is 1.47. The lowest BCUT2D eigenvalue weighted by Crippen LogP contribution is -2.39. The van der Waals surface area contributed by atoms with Crippen LogP contribution < -0.4 is 0 Å². The third kappa shape index (κ3) is 2.77. The number of carbonyl (C=O) groups excluding carboxylic acids is 1. The maximum Gasteiger partial charge on any atom is 0.338 e. The van der Waals surface area contributed by atoms with Crippen molar-refractivity contribution in [3.8, 4) is 0 Å². The lowest BCUT2D eigenvalue weighted by molar-refractivity contribution is 0.0689. The van der Waals surface area contributed by atoms with Gasteiger partial charge in [-0.25, -0.2) is 4.79 Å². The zero-order chi connectivity index (χ0) is 17.4. The van der Waals surface area contributed by atoms with Crippen molar-refractivity contribution in [1.29, 1.82) is 0 Å². The molecule has 0 atom stereocenters. The van der Waals surface area contributed by atoms with Crippen molar-refractivity contribution in [2.75, 3.05) is 13.1 Å². The van der Waals surface area contributed by atoms with E-state index in [4.69, 9.17) is 5.11 Å². The molecule has 25 heavy (non-hydrogen) atoms. The first-order valence-electron chi connectivity index (χ1n) is 8.26. The minimum absolute atomic E-state index is 0.0261. The smallest absolute Gasteiger partial charge is 0.338 e. The number of amides is 1. The summed E-state index contributed by atoms with van der Waals surface area (Å²) < 4.78 is 1.71. The molecule has 4 rings (SSSR count). The van der Waals surface area contributed by atoms with Gasteiger partial charge in [-0.1, -0.05) is 12.1 Å². The van der Waals surface area contributed by atoms with Crippen LogP contribution in [0.25, 0.3) is 10.9 Å². The van der Waals surface area contributed by atoms with Gasteiger partial charge in [0.15, 0.2) is 0 Å². The van der Waals surface area contributed by atoms with Crippen molar-refractivity contribution < 1.29 is 14.7 Å². The molecule has 7 heteroatoms. The summed E-state index contributed by atoms with van der Waals surface area (Å²) in [7, 11) is 0. The minimum Gasteiger partial charge on any atom is -0.478 e. The number of H-pyrrole nitrogens is 1. The molecule has 0 saturated carbocycles. The van der Waals surface area contributed by atoms with Gasteiger partial charge in [-0.3, -0.25) is 9.48 Å². The molecule has 1 aliphatic heterocycles. The third-order valence-electron chi connectivity index (χ3n) is 4.79. The summed E-state index contributed by atoms with van der Waals surface area (Å²) in [5.41, 5.74) is 1.75. The second-order valence-electron chi connectivity index (χ2n) is 6.29. The van der Waals surface area contributed by atoms with Crippen LogP contribution in [0.4, 0.5) is 0 Å². The zero-order valence-electron chi connectivity index (χ0n) is 13.6. The van der Waals surface area contributed by atoms with Gasteiger partial charge >= 0.3 is 5.97 Å². The summed E-state index contributed by atoms with van der Waals surface area (Å²) >= 11 is 0. The van der Waals surface area contributed by atoms with Crippen LogP contribution in [-0.2, 0) is 0 Å². The van der Waals surface area contributed by atoms with Crippen LogP contribution in [0.1, 0.15) is 39.6 Å². The topological polar surface area (TPSA) is 91.2 Å². The lowest BCUT2D eigenvalue weighted by Gasteiger charge is -2.32. The predicted octanol–water partition coefficient (Wildman–Crippen LogP) is 2.54. The number of carbonyl (C=O) groups is 2. The Kier molecular flexibility index (Phi) is 3.76. The van der Waals surface area contributed by atoms with Crippen molar-refractivity contribution in [2.24, 2.45) is 0 Å². The number of aromatic nitrogens is 3. The molecule has 3 aromatic rings. The molecule has 0 radical (unpaired) electrons. The Morgan fingerprint density at radius 1 is 1.20 bits per heavy atom. The molecule has 2 N–H and O–H groups in total. The van der Waals surface area contributed by atoms with E-state index in [-0.39, 0.29) is 17.5 Å². The van der Waals surface area contributed by atoms with E-state index in [0.717, 1.165) is 23.7 Å². The molecule has 0 spiro atoms. The number of benzene rings is 1. The Labute approximate surface area is 143 Å². The van der Waals surface area contributed by atoms with Crippen molar-refractivity contribution in [1.82, 2.24) is 19.7 Å². The molecular formula is C18H18N4O3. The van der Waals surface area contributed by atoms with Crippen LogP contribution in [0.2, 0.25) is 0 Å². The summed E-state index contributed by atoms with van der Waals surface area (Å²) in [6.45, 7) is 1.26. The Morgan fingerprint density at radius 3 is 2.72 bits per heavy atom. The van der Waals surface area contributed by atoms with E-state index in [9.17, 15) is 9.59 Å². The number of rotatable bonds is 3. The van der Waals surface area contributed by atoms with Crippen LogP contribution in [0.5, 0.6) is 0 Å². The van der Waals surface area contributed by atoms with E-state index in [1.54, 1.807) is 10.9 Å². The second kappa shape index (κ2) is 6.08. The third-order valence-corrected chi connectivity index (χ3v) is 4.79. The molecule has 3 heterocycles. The fraction of sp³-hybridized carbons (Fsp3) is 0.278. The standard InChI is InChI=1S/C18H18N4O3/c23-17(15-3-1-2-12-4-7-19-16(12)15)21-8-5-14(6-9-21)22-11-13(10-20-22)18(24)25/h1-4,7,10-11,14,19H,5-6,8-9H2,(H,24,25). The lowest BCUT2D eigenvalue weighted by atomic mass is 10.0. The highest BCUT2D eigenvalue weighted by Gasteiger charge is 2.26. The second-order valence-corrected chi connectivity index (χ2v) is 6.29. The highest BCUT2D eigenvalue weighted by atomic mass is 16.4.